The summed E-state index contributed by atoms with van der Waals surface area (Å²) in [5.74, 6) is -0.153. The Bertz CT molecular complexity index is 577. The van der Waals surface area contributed by atoms with E-state index in [0.29, 0.717) is 22.8 Å². The van der Waals surface area contributed by atoms with Crippen LogP contribution in [0.25, 0.3) is 0 Å². The molecule has 0 bridgehead atoms. The summed E-state index contributed by atoms with van der Waals surface area (Å²) >= 11 is 1.15. The van der Waals surface area contributed by atoms with Gasteiger partial charge in [0.05, 0.1) is 16.3 Å². The van der Waals surface area contributed by atoms with E-state index in [4.69, 9.17) is 5.73 Å². The van der Waals surface area contributed by atoms with Crippen molar-refractivity contribution in [3.05, 3.63) is 4.88 Å². The molecule has 0 amide bonds. The number of nitrogens with one attached hydrogen (secondary N) is 1. The number of ketones is 1. The normalized spacial score (nSPS) is 11.6. The summed E-state index contributed by atoms with van der Waals surface area (Å²) in [5.41, 5.74) is 6.02. The Morgan fingerprint density at radius 1 is 1.30 bits per heavy atom. The van der Waals surface area contributed by atoms with Crippen LogP contribution in [0.2, 0.25) is 0 Å². The summed E-state index contributed by atoms with van der Waals surface area (Å²) in [5, 5.41) is 3.60. The minimum absolute atomic E-state index is 0.0316. The van der Waals surface area contributed by atoms with Crippen LogP contribution in [-0.2, 0) is 9.84 Å². The van der Waals surface area contributed by atoms with Gasteiger partial charge in [-0.05, 0) is 6.42 Å². The third kappa shape index (κ3) is 3.52. The summed E-state index contributed by atoms with van der Waals surface area (Å²) in [7, 11) is -3.45. The van der Waals surface area contributed by atoms with E-state index in [1.807, 2.05) is 0 Å². The van der Waals surface area contributed by atoms with Crippen LogP contribution in [0, 0.1) is 0 Å². The van der Waals surface area contributed by atoms with E-state index in [1.165, 1.54) is 0 Å². The zero-order chi connectivity index (χ0) is 15.3. The van der Waals surface area contributed by atoms with Crippen molar-refractivity contribution in [1.29, 1.82) is 0 Å². The number of sulfone groups is 1. The summed E-state index contributed by atoms with van der Waals surface area (Å²) in [6.07, 6.45) is 2.25. The van der Waals surface area contributed by atoms with Gasteiger partial charge >= 0.3 is 0 Å². The van der Waals surface area contributed by atoms with Gasteiger partial charge in [0.1, 0.15) is 9.90 Å². The summed E-state index contributed by atoms with van der Waals surface area (Å²) in [6, 6.07) is 0. The number of unbranched alkanes of at least 4 members (excludes halogenated alkanes) is 1. The van der Waals surface area contributed by atoms with Gasteiger partial charge in [0, 0.05) is 13.0 Å². The fraction of sp³-hybridized carbons (Fsp3) is 0.615. The molecule has 0 aliphatic rings. The van der Waals surface area contributed by atoms with Gasteiger partial charge in [-0.15, -0.1) is 11.3 Å². The van der Waals surface area contributed by atoms with E-state index in [1.54, 1.807) is 13.8 Å². The lowest BCUT2D eigenvalue weighted by Crippen LogP contribution is -2.10. The van der Waals surface area contributed by atoms with Crippen molar-refractivity contribution in [1.82, 2.24) is 0 Å². The Kier molecular flexibility index (Phi) is 6.01. The summed E-state index contributed by atoms with van der Waals surface area (Å²) < 4.78 is 24.3. The molecule has 0 aromatic carbocycles. The molecule has 5 nitrogen and oxygen atoms in total. The minimum Gasteiger partial charge on any atom is -0.396 e. The second-order valence-electron chi connectivity index (χ2n) is 4.46. The smallest absolute Gasteiger partial charge is 0.183 e. The van der Waals surface area contributed by atoms with Crippen LogP contribution in [0.4, 0.5) is 10.7 Å². The number of thiophene rings is 1. The van der Waals surface area contributed by atoms with Crippen LogP contribution in [0.3, 0.4) is 0 Å². The van der Waals surface area contributed by atoms with Gasteiger partial charge in [0.25, 0.3) is 0 Å². The number of carbonyl (C=O) groups excluding carboxylic acids is 1. The monoisotopic (exact) mass is 318 g/mol. The van der Waals surface area contributed by atoms with Crippen molar-refractivity contribution in [2.75, 3.05) is 23.3 Å². The van der Waals surface area contributed by atoms with Crippen molar-refractivity contribution >= 4 is 37.6 Å². The van der Waals surface area contributed by atoms with E-state index in [2.05, 4.69) is 12.2 Å². The van der Waals surface area contributed by atoms with Crippen molar-refractivity contribution in [3.8, 4) is 0 Å². The molecule has 3 N–H and O–H groups in total. The Morgan fingerprint density at radius 3 is 2.45 bits per heavy atom. The molecule has 0 aliphatic carbocycles. The van der Waals surface area contributed by atoms with E-state index < -0.39 is 9.84 Å². The average molecular weight is 318 g/mol. The van der Waals surface area contributed by atoms with Crippen molar-refractivity contribution in [2.45, 2.75) is 44.9 Å². The lowest BCUT2D eigenvalue weighted by atomic mass is 10.2. The molecule has 20 heavy (non-hydrogen) atoms. The third-order valence-corrected chi connectivity index (χ3v) is 6.12. The zero-order valence-corrected chi connectivity index (χ0v) is 13.8. The Morgan fingerprint density at radius 2 is 1.95 bits per heavy atom. The second-order valence-corrected chi connectivity index (χ2v) is 7.70. The molecule has 0 saturated carbocycles. The van der Waals surface area contributed by atoms with E-state index in [0.717, 1.165) is 24.2 Å². The predicted molar refractivity (Wildman–Crippen MR) is 84.5 cm³/mol. The van der Waals surface area contributed by atoms with Crippen molar-refractivity contribution in [3.63, 3.8) is 0 Å². The fourth-order valence-electron chi connectivity index (χ4n) is 1.74. The molecule has 0 unspecified atom stereocenters. The Labute approximate surface area is 124 Å². The fourth-order valence-corrected chi connectivity index (χ4v) is 4.45. The van der Waals surface area contributed by atoms with Crippen LogP contribution < -0.4 is 11.1 Å². The first-order valence-electron chi connectivity index (χ1n) is 6.81. The molecule has 0 saturated heterocycles. The number of carbonyl (C=O) groups is 1. The maximum Gasteiger partial charge on any atom is 0.183 e. The minimum atomic E-state index is -3.45. The molecule has 1 aromatic heterocycles. The Hall–Kier alpha value is -1.08. The van der Waals surface area contributed by atoms with Crippen molar-refractivity contribution in [2.24, 2.45) is 0 Å². The SMILES string of the molecule is CCCCNc1sc(C(=O)CC)c(N)c1S(=O)(=O)CC. The van der Waals surface area contributed by atoms with Gasteiger partial charge in [0.2, 0.25) is 0 Å². The van der Waals surface area contributed by atoms with Crippen LogP contribution in [-0.4, -0.2) is 26.5 Å². The van der Waals surface area contributed by atoms with Crippen molar-refractivity contribution < 1.29 is 13.2 Å². The first kappa shape index (κ1) is 17.0. The van der Waals surface area contributed by atoms with Crippen LogP contribution in [0.1, 0.15) is 49.7 Å². The quantitative estimate of drug-likeness (QED) is 0.568. The van der Waals surface area contributed by atoms with Gasteiger partial charge in [-0.2, -0.15) is 0 Å². The lowest BCUT2D eigenvalue weighted by Gasteiger charge is -2.07. The van der Waals surface area contributed by atoms with Crippen LogP contribution >= 0.6 is 11.3 Å². The topological polar surface area (TPSA) is 89.3 Å². The van der Waals surface area contributed by atoms with Crippen LogP contribution in [0.15, 0.2) is 4.90 Å². The molecule has 0 spiro atoms. The number of nitrogens with two attached hydrogens (primary N) is 1. The van der Waals surface area contributed by atoms with Gasteiger partial charge in [-0.1, -0.05) is 27.2 Å². The van der Waals surface area contributed by atoms with E-state index in [9.17, 15) is 13.2 Å². The standard InChI is InChI=1S/C13H22N2O3S2/c1-4-7-8-15-13-12(20(17,18)6-3)10(14)11(19-13)9(16)5-2/h15H,4-8,14H2,1-3H3. The molecule has 1 aromatic rings. The largest absolute Gasteiger partial charge is 0.396 e. The molecule has 0 fully saturated rings. The second kappa shape index (κ2) is 7.08. The molecule has 0 aliphatic heterocycles. The molecular weight excluding hydrogens is 296 g/mol. The van der Waals surface area contributed by atoms with Gasteiger partial charge < -0.3 is 11.1 Å². The average Bonchev–Trinajstić information content (AvgIpc) is 2.76. The van der Waals surface area contributed by atoms with Gasteiger partial charge in [-0.25, -0.2) is 8.42 Å². The molecule has 1 heterocycles. The highest BCUT2D eigenvalue weighted by molar-refractivity contribution is 7.91. The number of nitrogen functional groups attached to an aromatic ring is 1. The maximum absolute atomic E-state index is 12.2. The first-order chi connectivity index (χ1) is 9.38. The van der Waals surface area contributed by atoms with Crippen LogP contribution in [0.5, 0.6) is 0 Å². The maximum atomic E-state index is 12.2. The lowest BCUT2D eigenvalue weighted by molar-refractivity contribution is 0.0992. The first-order valence-corrected chi connectivity index (χ1v) is 9.27. The third-order valence-electron chi connectivity index (χ3n) is 2.98. The summed E-state index contributed by atoms with van der Waals surface area (Å²) in [6.45, 7) is 6.03. The molecule has 7 heteroatoms. The molecule has 0 atom stereocenters. The zero-order valence-electron chi connectivity index (χ0n) is 12.2. The molecular formula is C13H22N2O3S2. The highest BCUT2D eigenvalue weighted by Crippen LogP contribution is 2.40. The number of hydrogen-bond donors (Lipinski definition) is 2. The number of hydrogen-bond acceptors (Lipinski definition) is 6. The number of rotatable bonds is 8. The van der Waals surface area contributed by atoms with E-state index >= 15 is 0 Å². The molecule has 0 radical (unpaired) electrons. The molecule has 114 valence electrons. The summed E-state index contributed by atoms with van der Waals surface area (Å²) in [4.78, 5) is 12.3. The van der Waals surface area contributed by atoms with E-state index in [-0.39, 0.29) is 22.1 Å². The van der Waals surface area contributed by atoms with Gasteiger partial charge in [-0.3, -0.25) is 4.79 Å². The van der Waals surface area contributed by atoms with Gasteiger partial charge in [0.15, 0.2) is 15.6 Å². The highest BCUT2D eigenvalue weighted by Gasteiger charge is 2.27. The Balaban J connectivity index is 3.30. The molecule has 1 rings (SSSR count). The number of anilines is 2. The number of Topliss-reactive ketones (excluding diaryl/α,β-unsaturated/α-hetero) is 1. The predicted octanol–water partition coefficient (Wildman–Crippen LogP) is 2.93. The highest BCUT2D eigenvalue weighted by atomic mass is 32.2.